The summed E-state index contributed by atoms with van der Waals surface area (Å²) in [5, 5.41) is 0. The molecule has 12 heavy (non-hydrogen) atoms. The molecule has 0 heterocycles. The fourth-order valence-electron chi connectivity index (χ4n) is 1.03. The Balaban J connectivity index is 2.82. The van der Waals surface area contributed by atoms with Crippen LogP contribution in [0.3, 0.4) is 0 Å². The molecule has 64 valence electrons. The zero-order chi connectivity index (χ0) is 8.97. The van der Waals surface area contributed by atoms with E-state index in [1.807, 2.05) is 25.1 Å². The Kier molecular flexibility index (Phi) is 3.06. The van der Waals surface area contributed by atoms with E-state index in [4.69, 9.17) is 5.73 Å². The third kappa shape index (κ3) is 2.51. The molecule has 1 rings (SSSR count). The summed E-state index contributed by atoms with van der Waals surface area (Å²) in [6, 6.07) is 8.39. The van der Waals surface area contributed by atoms with Crippen LogP contribution in [0.2, 0.25) is 0 Å². The van der Waals surface area contributed by atoms with Crippen molar-refractivity contribution in [2.45, 2.75) is 19.9 Å². The van der Waals surface area contributed by atoms with Crippen molar-refractivity contribution in [1.82, 2.24) is 0 Å². The lowest BCUT2D eigenvalue weighted by molar-refractivity contribution is 0.930. The van der Waals surface area contributed by atoms with Gasteiger partial charge in [-0.15, -0.1) is 0 Å². The molecule has 0 spiro atoms. The van der Waals surface area contributed by atoms with Crippen LogP contribution in [0.25, 0.3) is 6.08 Å². The third-order valence-electron chi connectivity index (χ3n) is 1.77. The van der Waals surface area contributed by atoms with Crippen molar-refractivity contribution in [1.29, 1.82) is 0 Å². The molecule has 0 saturated carbocycles. The quantitative estimate of drug-likeness (QED) is 0.708. The Morgan fingerprint density at radius 3 is 2.58 bits per heavy atom. The molecular formula is C11H15N. The van der Waals surface area contributed by atoms with Gasteiger partial charge in [0.2, 0.25) is 0 Å². The molecule has 0 unspecified atom stereocenters. The molecule has 1 aromatic rings. The first-order valence-electron chi connectivity index (χ1n) is 4.19. The van der Waals surface area contributed by atoms with Crippen molar-refractivity contribution < 1.29 is 0 Å². The van der Waals surface area contributed by atoms with Gasteiger partial charge in [-0.25, -0.2) is 0 Å². The van der Waals surface area contributed by atoms with E-state index in [9.17, 15) is 0 Å². The molecular weight excluding hydrogens is 146 g/mol. The number of hydrogen-bond acceptors (Lipinski definition) is 1. The van der Waals surface area contributed by atoms with Crippen molar-refractivity contribution in [2.75, 3.05) is 0 Å². The van der Waals surface area contributed by atoms with E-state index >= 15 is 0 Å². The summed E-state index contributed by atoms with van der Waals surface area (Å²) in [7, 11) is 0. The molecule has 0 amide bonds. The van der Waals surface area contributed by atoms with Gasteiger partial charge in [-0.2, -0.15) is 0 Å². The third-order valence-corrected chi connectivity index (χ3v) is 1.77. The second kappa shape index (κ2) is 4.07. The summed E-state index contributed by atoms with van der Waals surface area (Å²) in [6.45, 7) is 4.07. The fraction of sp³-hybridized carbons (Fsp3) is 0.273. The lowest BCUT2D eigenvalue weighted by atomic mass is 10.1. The Morgan fingerprint density at radius 2 is 2.00 bits per heavy atom. The van der Waals surface area contributed by atoms with Crippen LogP contribution < -0.4 is 5.73 Å². The van der Waals surface area contributed by atoms with Crippen molar-refractivity contribution in [3.05, 3.63) is 41.5 Å². The maximum atomic E-state index is 5.60. The van der Waals surface area contributed by atoms with Crippen LogP contribution >= 0.6 is 0 Å². The van der Waals surface area contributed by atoms with Gasteiger partial charge >= 0.3 is 0 Å². The number of benzene rings is 1. The van der Waals surface area contributed by atoms with E-state index in [-0.39, 0.29) is 6.04 Å². The monoisotopic (exact) mass is 161 g/mol. The Bertz CT molecular complexity index is 274. The number of hydrogen-bond donors (Lipinski definition) is 1. The van der Waals surface area contributed by atoms with Gasteiger partial charge in [0.05, 0.1) is 0 Å². The van der Waals surface area contributed by atoms with Crippen LogP contribution in [0, 0.1) is 6.92 Å². The average molecular weight is 161 g/mol. The molecule has 0 aromatic heterocycles. The topological polar surface area (TPSA) is 26.0 Å². The first kappa shape index (κ1) is 9.01. The second-order valence-corrected chi connectivity index (χ2v) is 3.07. The summed E-state index contributed by atoms with van der Waals surface area (Å²) >= 11 is 0. The molecule has 0 aliphatic carbocycles. The maximum absolute atomic E-state index is 5.60. The van der Waals surface area contributed by atoms with Crippen molar-refractivity contribution in [3.8, 4) is 0 Å². The number of aryl methyl sites for hydroxylation is 1. The predicted molar refractivity (Wildman–Crippen MR) is 53.9 cm³/mol. The van der Waals surface area contributed by atoms with Crippen molar-refractivity contribution in [3.63, 3.8) is 0 Å². The minimum Gasteiger partial charge on any atom is -0.325 e. The average Bonchev–Trinajstić information content (AvgIpc) is 2.03. The Labute approximate surface area is 73.9 Å². The largest absolute Gasteiger partial charge is 0.325 e. The highest BCUT2D eigenvalue weighted by molar-refractivity contribution is 5.53. The van der Waals surface area contributed by atoms with Crippen molar-refractivity contribution in [2.24, 2.45) is 5.73 Å². The van der Waals surface area contributed by atoms with Gasteiger partial charge in [-0.1, -0.05) is 36.4 Å². The van der Waals surface area contributed by atoms with Gasteiger partial charge in [0.25, 0.3) is 0 Å². The van der Waals surface area contributed by atoms with E-state index in [0.717, 1.165) is 0 Å². The van der Waals surface area contributed by atoms with Crippen LogP contribution in [0.1, 0.15) is 18.1 Å². The van der Waals surface area contributed by atoms with Crippen LogP contribution in [0.15, 0.2) is 30.3 Å². The highest BCUT2D eigenvalue weighted by Gasteiger charge is 1.90. The standard InChI is InChI=1S/C11H15N/c1-9-5-3-4-6-11(9)8-7-10(2)12/h3-8,10H,12H2,1-2H3/b8-7+/t10-/m0/s1. The van der Waals surface area contributed by atoms with Gasteiger partial charge < -0.3 is 5.73 Å². The van der Waals surface area contributed by atoms with Gasteiger partial charge in [-0.3, -0.25) is 0 Å². The smallest absolute Gasteiger partial charge is 0.0198 e. The molecule has 2 N–H and O–H groups in total. The van der Waals surface area contributed by atoms with Crippen LogP contribution in [-0.4, -0.2) is 6.04 Å². The van der Waals surface area contributed by atoms with E-state index in [0.29, 0.717) is 0 Å². The summed E-state index contributed by atoms with van der Waals surface area (Å²) in [5.41, 5.74) is 8.14. The van der Waals surface area contributed by atoms with E-state index < -0.39 is 0 Å². The molecule has 1 nitrogen and oxygen atoms in total. The maximum Gasteiger partial charge on any atom is 0.0198 e. The summed E-state index contributed by atoms with van der Waals surface area (Å²) in [5.74, 6) is 0. The highest BCUT2D eigenvalue weighted by atomic mass is 14.6. The first-order chi connectivity index (χ1) is 5.70. The van der Waals surface area contributed by atoms with E-state index in [1.165, 1.54) is 11.1 Å². The highest BCUT2D eigenvalue weighted by Crippen LogP contribution is 2.08. The van der Waals surface area contributed by atoms with Crippen LogP contribution in [0.5, 0.6) is 0 Å². The minimum atomic E-state index is 0.129. The molecule has 1 atom stereocenters. The molecule has 0 aliphatic rings. The SMILES string of the molecule is Cc1ccccc1/C=C/[C@H](C)N. The van der Waals surface area contributed by atoms with Gasteiger partial charge in [0, 0.05) is 6.04 Å². The molecule has 0 bridgehead atoms. The van der Waals surface area contributed by atoms with Gasteiger partial charge in [-0.05, 0) is 25.0 Å². The molecule has 1 aromatic carbocycles. The molecule has 0 aliphatic heterocycles. The second-order valence-electron chi connectivity index (χ2n) is 3.07. The summed E-state index contributed by atoms with van der Waals surface area (Å²) < 4.78 is 0. The number of rotatable bonds is 2. The molecule has 1 heteroatoms. The zero-order valence-corrected chi connectivity index (χ0v) is 7.62. The fourth-order valence-corrected chi connectivity index (χ4v) is 1.03. The lowest BCUT2D eigenvalue weighted by Gasteiger charge is -1.99. The predicted octanol–water partition coefficient (Wildman–Crippen LogP) is 2.36. The Hall–Kier alpha value is -1.08. The summed E-state index contributed by atoms with van der Waals surface area (Å²) in [6.07, 6.45) is 4.07. The molecule has 0 fully saturated rings. The van der Waals surface area contributed by atoms with Gasteiger partial charge in [0.1, 0.15) is 0 Å². The lowest BCUT2D eigenvalue weighted by Crippen LogP contribution is -2.09. The minimum absolute atomic E-state index is 0.129. The first-order valence-corrected chi connectivity index (χ1v) is 4.19. The zero-order valence-electron chi connectivity index (χ0n) is 7.62. The number of nitrogens with two attached hydrogens (primary N) is 1. The van der Waals surface area contributed by atoms with Crippen LogP contribution in [-0.2, 0) is 0 Å². The van der Waals surface area contributed by atoms with E-state index in [1.54, 1.807) is 0 Å². The Morgan fingerprint density at radius 1 is 1.33 bits per heavy atom. The van der Waals surface area contributed by atoms with Gasteiger partial charge in [0.15, 0.2) is 0 Å². The molecule has 0 radical (unpaired) electrons. The van der Waals surface area contributed by atoms with Crippen molar-refractivity contribution >= 4 is 6.08 Å². The van der Waals surface area contributed by atoms with Crippen LogP contribution in [0.4, 0.5) is 0 Å². The van der Waals surface area contributed by atoms with E-state index in [2.05, 4.69) is 25.1 Å². The molecule has 0 saturated heterocycles. The summed E-state index contributed by atoms with van der Waals surface area (Å²) in [4.78, 5) is 0. The normalized spacial score (nSPS) is 13.6.